The maximum Gasteiger partial charge on any atom is 0.412 e. The fraction of sp³-hybridized carbons (Fsp3) is 0.500. The molecule has 1 aromatic rings. The zero-order valence-corrected chi connectivity index (χ0v) is 10.8. The number of carbonyl (C=O) groups excluding carboxylic acids is 1. The first-order valence-electron chi connectivity index (χ1n) is 5.31. The van der Waals surface area contributed by atoms with Crippen LogP contribution in [0.2, 0.25) is 0 Å². The Morgan fingerprint density at radius 1 is 1.72 bits per heavy atom. The molecule has 0 bridgehead atoms. The van der Waals surface area contributed by atoms with E-state index in [1.165, 1.54) is 17.7 Å². The van der Waals surface area contributed by atoms with E-state index < -0.39 is 11.8 Å². The summed E-state index contributed by atoms with van der Waals surface area (Å²) in [7, 11) is 1.24. The van der Waals surface area contributed by atoms with Gasteiger partial charge in [0.1, 0.15) is 17.5 Å². The van der Waals surface area contributed by atoms with Crippen LogP contribution in [-0.4, -0.2) is 33.9 Å². The van der Waals surface area contributed by atoms with Crippen molar-refractivity contribution >= 4 is 23.7 Å². The van der Waals surface area contributed by atoms with Crippen LogP contribution < -0.4 is 11.0 Å². The van der Waals surface area contributed by atoms with Crippen molar-refractivity contribution in [2.45, 2.75) is 18.6 Å². The predicted octanol–water partition coefficient (Wildman–Crippen LogP) is 1.03. The van der Waals surface area contributed by atoms with Crippen LogP contribution in [0.25, 0.3) is 0 Å². The van der Waals surface area contributed by atoms with E-state index in [-0.39, 0.29) is 17.5 Å². The number of methoxy groups -OCH3 is 1. The van der Waals surface area contributed by atoms with Gasteiger partial charge in [-0.05, 0) is 13.0 Å². The molecular formula is C10H13N3O4S. The summed E-state index contributed by atoms with van der Waals surface area (Å²) in [6.07, 6.45) is 0.572. The highest BCUT2D eigenvalue weighted by atomic mass is 32.2. The second-order valence-electron chi connectivity index (χ2n) is 3.61. The van der Waals surface area contributed by atoms with Crippen LogP contribution in [0.4, 0.5) is 10.6 Å². The number of aromatic nitrogens is 2. The molecule has 1 amide bonds. The molecule has 0 aromatic carbocycles. The number of carbonyl (C=O) groups is 1. The summed E-state index contributed by atoms with van der Waals surface area (Å²) in [5, 5.41) is 2.33. The number of nitrogens with one attached hydrogen (secondary N) is 1. The maximum atomic E-state index is 11.8. The molecule has 1 aromatic heterocycles. The smallest absolute Gasteiger partial charge is 0.412 e. The Morgan fingerprint density at radius 2 is 2.50 bits per heavy atom. The molecule has 0 aliphatic carbocycles. The van der Waals surface area contributed by atoms with Crippen LogP contribution in [0, 0.1) is 0 Å². The average molecular weight is 271 g/mol. The second kappa shape index (κ2) is 5.40. The first-order valence-corrected chi connectivity index (χ1v) is 6.36. The van der Waals surface area contributed by atoms with Gasteiger partial charge >= 0.3 is 11.8 Å². The number of anilines is 1. The van der Waals surface area contributed by atoms with Gasteiger partial charge in [0.25, 0.3) is 0 Å². The standard InChI is InChI=1S/C10H13N3O4S/c1-6-17-8(5-18-6)13-4-3-7(11-9(13)14)12-10(15)16-2/h3-4,6,8H,5H2,1-2H3,(H,11,12,14,15). The zero-order chi connectivity index (χ0) is 13.1. The number of rotatable bonds is 2. The molecule has 0 spiro atoms. The Balaban J connectivity index is 2.15. The van der Waals surface area contributed by atoms with Gasteiger partial charge in [-0.15, -0.1) is 11.8 Å². The molecule has 1 aliphatic heterocycles. The van der Waals surface area contributed by atoms with Crippen LogP contribution in [0.15, 0.2) is 17.1 Å². The van der Waals surface area contributed by atoms with Crippen molar-refractivity contribution in [3.8, 4) is 0 Å². The number of amides is 1. The van der Waals surface area contributed by atoms with Crippen molar-refractivity contribution in [1.29, 1.82) is 0 Å². The van der Waals surface area contributed by atoms with Gasteiger partial charge in [-0.3, -0.25) is 9.88 Å². The molecule has 18 heavy (non-hydrogen) atoms. The lowest BCUT2D eigenvalue weighted by Crippen LogP contribution is -2.29. The normalized spacial score (nSPS) is 22.8. The van der Waals surface area contributed by atoms with Crippen LogP contribution in [0.5, 0.6) is 0 Å². The molecule has 2 rings (SSSR count). The quantitative estimate of drug-likeness (QED) is 0.865. The predicted molar refractivity (Wildman–Crippen MR) is 66.6 cm³/mol. The minimum atomic E-state index is -0.666. The summed E-state index contributed by atoms with van der Waals surface area (Å²) in [6, 6.07) is 1.52. The van der Waals surface area contributed by atoms with E-state index in [4.69, 9.17) is 4.74 Å². The Hall–Kier alpha value is -1.54. The molecule has 2 unspecified atom stereocenters. The van der Waals surface area contributed by atoms with Crippen molar-refractivity contribution in [1.82, 2.24) is 9.55 Å². The third-order valence-electron chi connectivity index (χ3n) is 2.38. The summed E-state index contributed by atoms with van der Waals surface area (Å²) in [5.41, 5.74) is -0.404. The molecule has 1 N–H and O–H groups in total. The maximum absolute atomic E-state index is 11.8. The highest BCUT2D eigenvalue weighted by molar-refractivity contribution is 7.99. The van der Waals surface area contributed by atoms with Gasteiger partial charge in [0.05, 0.1) is 7.11 Å². The van der Waals surface area contributed by atoms with Gasteiger partial charge in [-0.25, -0.2) is 9.59 Å². The van der Waals surface area contributed by atoms with E-state index in [0.717, 1.165) is 0 Å². The lowest BCUT2D eigenvalue weighted by molar-refractivity contribution is 0.0236. The first kappa shape index (κ1) is 12.9. The summed E-state index contributed by atoms with van der Waals surface area (Å²) in [6.45, 7) is 1.93. The van der Waals surface area contributed by atoms with E-state index >= 15 is 0 Å². The molecular weight excluding hydrogens is 258 g/mol. The lowest BCUT2D eigenvalue weighted by Gasteiger charge is -2.13. The van der Waals surface area contributed by atoms with Gasteiger partial charge in [-0.2, -0.15) is 4.98 Å². The Labute approximate surface area is 107 Å². The van der Waals surface area contributed by atoms with Crippen molar-refractivity contribution in [3.63, 3.8) is 0 Å². The summed E-state index contributed by atoms with van der Waals surface area (Å²) >= 11 is 1.63. The van der Waals surface area contributed by atoms with E-state index in [1.807, 2.05) is 6.92 Å². The van der Waals surface area contributed by atoms with Gasteiger partial charge in [-0.1, -0.05) is 0 Å². The lowest BCUT2D eigenvalue weighted by atomic mass is 10.5. The summed E-state index contributed by atoms with van der Waals surface area (Å²) < 4.78 is 11.4. The number of thioether (sulfide) groups is 1. The zero-order valence-electron chi connectivity index (χ0n) is 9.95. The van der Waals surface area contributed by atoms with Gasteiger partial charge in [0.15, 0.2) is 0 Å². The van der Waals surface area contributed by atoms with Gasteiger partial charge < -0.3 is 9.47 Å². The highest BCUT2D eigenvalue weighted by Gasteiger charge is 2.24. The minimum absolute atomic E-state index is 0.0646. The minimum Gasteiger partial charge on any atom is -0.453 e. The Morgan fingerprint density at radius 3 is 3.06 bits per heavy atom. The van der Waals surface area contributed by atoms with Crippen molar-refractivity contribution in [2.24, 2.45) is 0 Å². The summed E-state index contributed by atoms with van der Waals surface area (Å²) in [4.78, 5) is 26.5. The molecule has 0 saturated carbocycles. The summed E-state index contributed by atoms with van der Waals surface area (Å²) in [5.74, 6) is 0.855. The molecule has 2 heterocycles. The first-order chi connectivity index (χ1) is 8.60. The largest absolute Gasteiger partial charge is 0.453 e. The van der Waals surface area contributed by atoms with E-state index in [9.17, 15) is 9.59 Å². The molecule has 2 atom stereocenters. The van der Waals surface area contributed by atoms with E-state index in [1.54, 1.807) is 18.0 Å². The number of nitrogens with zero attached hydrogens (tertiary/aromatic N) is 2. The SMILES string of the molecule is COC(=O)Nc1ccn(C2CSC(C)O2)c(=O)n1. The van der Waals surface area contributed by atoms with Crippen LogP contribution in [0.1, 0.15) is 13.2 Å². The van der Waals surface area contributed by atoms with Crippen LogP contribution >= 0.6 is 11.8 Å². The van der Waals surface area contributed by atoms with Crippen molar-refractivity contribution in [2.75, 3.05) is 18.2 Å². The van der Waals surface area contributed by atoms with E-state index in [0.29, 0.717) is 5.75 Å². The fourth-order valence-electron chi connectivity index (χ4n) is 1.52. The number of hydrogen-bond acceptors (Lipinski definition) is 6. The number of hydrogen-bond donors (Lipinski definition) is 1. The average Bonchev–Trinajstić information content (AvgIpc) is 2.75. The highest BCUT2D eigenvalue weighted by Crippen LogP contribution is 2.30. The monoisotopic (exact) mass is 271 g/mol. The van der Waals surface area contributed by atoms with Gasteiger partial charge in [0.2, 0.25) is 0 Å². The van der Waals surface area contributed by atoms with Crippen molar-refractivity contribution < 1.29 is 14.3 Å². The Kier molecular flexibility index (Phi) is 3.87. The molecule has 0 radical (unpaired) electrons. The number of ether oxygens (including phenoxy) is 2. The fourth-order valence-corrected chi connectivity index (χ4v) is 2.40. The molecule has 1 saturated heterocycles. The van der Waals surface area contributed by atoms with Gasteiger partial charge in [0, 0.05) is 11.9 Å². The van der Waals surface area contributed by atoms with E-state index in [2.05, 4.69) is 15.0 Å². The van der Waals surface area contributed by atoms with Crippen LogP contribution in [0.3, 0.4) is 0 Å². The Bertz CT molecular complexity index is 504. The molecule has 1 aliphatic rings. The molecule has 7 nitrogen and oxygen atoms in total. The second-order valence-corrected chi connectivity index (χ2v) is 4.94. The third kappa shape index (κ3) is 2.82. The third-order valence-corrected chi connectivity index (χ3v) is 3.44. The topological polar surface area (TPSA) is 82.5 Å². The molecule has 1 fully saturated rings. The van der Waals surface area contributed by atoms with Crippen molar-refractivity contribution in [3.05, 3.63) is 22.7 Å². The molecule has 98 valence electrons. The van der Waals surface area contributed by atoms with Crippen LogP contribution in [-0.2, 0) is 9.47 Å². The molecule has 8 heteroatoms.